The fraction of sp³-hybridized carbons (Fsp3) is 0.850. The minimum Gasteiger partial charge on any atom is -0.455 e. The molecule has 0 saturated heterocycles. The number of carbonyl (C=O) groups excluding carboxylic acids is 1. The Morgan fingerprint density at radius 1 is 1.05 bits per heavy atom. The van der Waals surface area contributed by atoms with E-state index < -0.39 is 0 Å². The van der Waals surface area contributed by atoms with Gasteiger partial charge in [0, 0.05) is 16.9 Å². The number of carbonyl (C=O) groups is 1. The molecule has 0 radical (unpaired) electrons. The SMILES string of the molecule is C=C(C)C(=O)OC1(C2CC3CCC2C3)CCCC12CCCC2. The monoisotopic (exact) mass is 302 g/mol. The largest absolute Gasteiger partial charge is 0.455 e. The second-order valence-electron chi connectivity index (χ2n) is 8.68. The summed E-state index contributed by atoms with van der Waals surface area (Å²) in [7, 11) is 0. The lowest BCUT2D eigenvalue weighted by Crippen LogP contribution is -2.53. The van der Waals surface area contributed by atoms with Crippen LogP contribution in [0.5, 0.6) is 0 Å². The van der Waals surface area contributed by atoms with Gasteiger partial charge in [-0.3, -0.25) is 0 Å². The standard InChI is InChI=1S/C20H30O2/c1-14(2)18(21)22-20(17-13-15-6-7-16(17)12-15)11-5-10-19(20)8-3-4-9-19/h15-17H,1,3-13H2,2H3. The Morgan fingerprint density at radius 3 is 2.36 bits per heavy atom. The number of ether oxygens (including phenoxy) is 1. The highest BCUT2D eigenvalue weighted by molar-refractivity contribution is 5.87. The molecule has 0 aromatic rings. The smallest absolute Gasteiger partial charge is 0.333 e. The molecule has 0 N–H and O–H groups in total. The number of esters is 1. The zero-order valence-electron chi connectivity index (χ0n) is 14.0. The highest BCUT2D eigenvalue weighted by Crippen LogP contribution is 2.66. The Labute approximate surface area is 134 Å². The van der Waals surface area contributed by atoms with Gasteiger partial charge in [-0.25, -0.2) is 4.79 Å². The van der Waals surface area contributed by atoms with E-state index >= 15 is 0 Å². The van der Waals surface area contributed by atoms with Crippen LogP contribution in [0.2, 0.25) is 0 Å². The van der Waals surface area contributed by atoms with Gasteiger partial charge in [0.05, 0.1) is 0 Å². The lowest BCUT2D eigenvalue weighted by atomic mass is 9.62. The third-order valence-electron chi connectivity index (χ3n) is 7.62. The lowest BCUT2D eigenvalue weighted by molar-refractivity contribution is -0.185. The fourth-order valence-corrected chi connectivity index (χ4v) is 6.77. The van der Waals surface area contributed by atoms with Gasteiger partial charge in [0.15, 0.2) is 0 Å². The summed E-state index contributed by atoms with van der Waals surface area (Å²) in [6.07, 6.45) is 14.4. The zero-order valence-corrected chi connectivity index (χ0v) is 14.0. The van der Waals surface area contributed by atoms with Crippen LogP contribution in [0.4, 0.5) is 0 Å². The highest BCUT2D eigenvalue weighted by Gasteiger charge is 2.65. The summed E-state index contributed by atoms with van der Waals surface area (Å²) >= 11 is 0. The molecule has 4 aliphatic rings. The summed E-state index contributed by atoms with van der Waals surface area (Å²) in [5.41, 5.74) is 0.717. The number of hydrogen-bond acceptors (Lipinski definition) is 2. The summed E-state index contributed by atoms with van der Waals surface area (Å²) in [6, 6.07) is 0. The van der Waals surface area contributed by atoms with Gasteiger partial charge in [0.2, 0.25) is 0 Å². The van der Waals surface area contributed by atoms with E-state index in [1.54, 1.807) is 6.92 Å². The van der Waals surface area contributed by atoms with Crippen molar-refractivity contribution in [1.82, 2.24) is 0 Å². The Kier molecular flexibility index (Phi) is 3.43. The molecule has 0 aliphatic heterocycles. The van der Waals surface area contributed by atoms with Gasteiger partial charge in [-0.1, -0.05) is 25.8 Å². The van der Waals surface area contributed by atoms with Crippen molar-refractivity contribution in [3.63, 3.8) is 0 Å². The zero-order chi connectivity index (χ0) is 15.4. The maximum absolute atomic E-state index is 12.5. The summed E-state index contributed by atoms with van der Waals surface area (Å²) in [5.74, 6) is 2.24. The fourth-order valence-electron chi connectivity index (χ4n) is 6.77. The molecule has 2 bridgehead atoms. The van der Waals surface area contributed by atoms with Crippen molar-refractivity contribution in [3.8, 4) is 0 Å². The first kappa shape index (κ1) is 14.8. The molecule has 2 heteroatoms. The molecule has 4 fully saturated rings. The molecule has 4 unspecified atom stereocenters. The van der Waals surface area contributed by atoms with E-state index in [9.17, 15) is 4.79 Å². The average Bonchev–Trinajstić information content (AvgIpc) is 3.26. The first-order valence-electron chi connectivity index (χ1n) is 9.45. The van der Waals surface area contributed by atoms with Crippen LogP contribution >= 0.6 is 0 Å². The van der Waals surface area contributed by atoms with Crippen molar-refractivity contribution in [2.24, 2.45) is 23.2 Å². The van der Waals surface area contributed by atoms with Gasteiger partial charge >= 0.3 is 5.97 Å². The normalized spacial score (nSPS) is 42.1. The van der Waals surface area contributed by atoms with Crippen molar-refractivity contribution in [3.05, 3.63) is 12.2 Å². The molecule has 0 aromatic carbocycles. The average molecular weight is 302 g/mol. The molecule has 0 amide bonds. The molecule has 4 aliphatic carbocycles. The van der Waals surface area contributed by atoms with Crippen LogP contribution in [0, 0.1) is 23.2 Å². The van der Waals surface area contributed by atoms with Gasteiger partial charge in [0.25, 0.3) is 0 Å². The molecule has 1 spiro atoms. The molecule has 4 saturated carbocycles. The van der Waals surface area contributed by atoms with E-state index in [2.05, 4.69) is 6.58 Å². The quantitative estimate of drug-likeness (QED) is 0.540. The van der Waals surface area contributed by atoms with Gasteiger partial charge in [-0.15, -0.1) is 0 Å². The van der Waals surface area contributed by atoms with Crippen LogP contribution in [0.1, 0.15) is 77.6 Å². The van der Waals surface area contributed by atoms with E-state index in [0.29, 0.717) is 16.9 Å². The molecule has 2 nitrogen and oxygen atoms in total. The van der Waals surface area contributed by atoms with E-state index in [1.807, 2.05) is 0 Å². The maximum atomic E-state index is 12.5. The summed E-state index contributed by atoms with van der Waals surface area (Å²) in [4.78, 5) is 12.5. The van der Waals surface area contributed by atoms with Gasteiger partial charge in [-0.05, 0) is 70.1 Å². The third-order valence-corrected chi connectivity index (χ3v) is 7.62. The second kappa shape index (κ2) is 5.11. The molecule has 122 valence electrons. The highest BCUT2D eigenvalue weighted by atomic mass is 16.6. The summed E-state index contributed by atoms with van der Waals surface area (Å²) in [5, 5.41) is 0. The van der Waals surface area contributed by atoms with Gasteiger partial charge < -0.3 is 4.74 Å². The van der Waals surface area contributed by atoms with E-state index in [1.165, 1.54) is 64.2 Å². The topological polar surface area (TPSA) is 26.3 Å². The van der Waals surface area contributed by atoms with E-state index in [0.717, 1.165) is 18.3 Å². The maximum Gasteiger partial charge on any atom is 0.333 e. The number of fused-ring (bicyclic) bond motifs is 2. The Bertz CT molecular complexity index is 482. The van der Waals surface area contributed by atoms with Crippen LogP contribution in [0.3, 0.4) is 0 Å². The van der Waals surface area contributed by atoms with Crippen molar-refractivity contribution >= 4 is 5.97 Å². The molecule has 0 aromatic heterocycles. The molecular formula is C20H30O2. The van der Waals surface area contributed by atoms with Crippen LogP contribution in [-0.4, -0.2) is 11.6 Å². The molecule has 4 atom stereocenters. The Balaban J connectivity index is 1.71. The molecule has 4 rings (SSSR count). The first-order valence-corrected chi connectivity index (χ1v) is 9.45. The second-order valence-corrected chi connectivity index (χ2v) is 8.68. The summed E-state index contributed by atoms with van der Waals surface area (Å²) in [6.45, 7) is 5.64. The number of rotatable bonds is 3. The predicted octanol–water partition coefficient (Wildman–Crippen LogP) is 5.03. The number of hydrogen-bond donors (Lipinski definition) is 0. The molecule has 0 heterocycles. The van der Waals surface area contributed by atoms with Crippen molar-refractivity contribution in [1.29, 1.82) is 0 Å². The lowest BCUT2D eigenvalue weighted by Gasteiger charge is -2.50. The van der Waals surface area contributed by atoms with Gasteiger partial charge in [0.1, 0.15) is 5.60 Å². The van der Waals surface area contributed by atoms with Crippen LogP contribution in [0.15, 0.2) is 12.2 Å². The van der Waals surface area contributed by atoms with E-state index in [-0.39, 0.29) is 11.6 Å². The summed E-state index contributed by atoms with van der Waals surface area (Å²) < 4.78 is 6.40. The first-order chi connectivity index (χ1) is 10.6. The molecule has 22 heavy (non-hydrogen) atoms. The van der Waals surface area contributed by atoms with Gasteiger partial charge in [-0.2, -0.15) is 0 Å². The van der Waals surface area contributed by atoms with Crippen molar-refractivity contribution in [2.75, 3.05) is 0 Å². The third kappa shape index (κ3) is 1.95. The van der Waals surface area contributed by atoms with Crippen LogP contribution < -0.4 is 0 Å². The van der Waals surface area contributed by atoms with Crippen molar-refractivity contribution < 1.29 is 9.53 Å². The minimum atomic E-state index is -0.153. The van der Waals surface area contributed by atoms with E-state index in [4.69, 9.17) is 4.74 Å². The minimum absolute atomic E-state index is 0.129. The predicted molar refractivity (Wildman–Crippen MR) is 87.3 cm³/mol. The van der Waals surface area contributed by atoms with Crippen molar-refractivity contribution in [2.45, 2.75) is 83.2 Å². The Hall–Kier alpha value is -0.790. The Morgan fingerprint density at radius 2 is 1.77 bits per heavy atom. The molecular weight excluding hydrogens is 272 g/mol. The van der Waals surface area contributed by atoms with Crippen LogP contribution in [-0.2, 0) is 9.53 Å². The van der Waals surface area contributed by atoms with Crippen LogP contribution in [0.25, 0.3) is 0 Å².